The van der Waals surface area contributed by atoms with E-state index >= 15 is 0 Å². The van der Waals surface area contributed by atoms with E-state index in [-0.39, 0.29) is 18.9 Å². The van der Waals surface area contributed by atoms with Gasteiger partial charge in [0.25, 0.3) is 0 Å². The number of rotatable bonds is 4. The van der Waals surface area contributed by atoms with Crippen molar-refractivity contribution >= 4 is 17.3 Å². The first-order valence-electron chi connectivity index (χ1n) is 7.96. The summed E-state index contributed by atoms with van der Waals surface area (Å²) in [6.45, 7) is 2.88. The van der Waals surface area contributed by atoms with Gasteiger partial charge in [-0.2, -0.15) is 24.5 Å². The fraction of sp³-hybridized carbons (Fsp3) is 0.688. The average molecular weight is 347 g/mol. The molecule has 1 heterocycles. The third kappa shape index (κ3) is 5.41. The highest BCUT2D eigenvalue weighted by Gasteiger charge is 2.41. The van der Waals surface area contributed by atoms with Gasteiger partial charge >= 0.3 is 6.18 Å². The van der Waals surface area contributed by atoms with E-state index in [1.165, 1.54) is 5.56 Å². The zero-order chi connectivity index (χ0) is 16.9. The lowest BCUT2D eigenvalue weighted by Crippen LogP contribution is -2.46. The third-order valence-electron chi connectivity index (χ3n) is 4.44. The second-order valence-electron chi connectivity index (χ2n) is 6.15. The molecule has 2 N–H and O–H groups in total. The molecule has 1 fully saturated rings. The number of guanidine groups is 1. The molecule has 0 bridgehead atoms. The van der Waals surface area contributed by atoms with Crippen molar-refractivity contribution in [3.05, 3.63) is 22.4 Å². The first kappa shape index (κ1) is 18.1. The molecule has 0 aromatic carbocycles. The maximum absolute atomic E-state index is 12.7. The van der Waals surface area contributed by atoms with Gasteiger partial charge in [-0.1, -0.05) is 6.92 Å². The third-order valence-corrected chi connectivity index (χ3v) is 5.14. The topological polar surface area (TPSA) is 36.4 Å². The summed E-state index contributed by atoms with van der Waals surface area (Å²) in [6.07, 6.45) is -2.59. The van der Waals surface area contributed by atoms with Crippen molar-refractivity contribution in [3.8, 4) is 0 Å². The number of thiophene rings is 1. The van der Waals surface area contributed by atoms with Crippen molar-refractivity contribution < 1.29 is 13.2 Å². The first-order chi connectivity index (χ1) is 10.9. The van der Waals surface area contributed by atoms with Crippen LogP contribution < -0.4 is 10.6 Å². The van der Waals surface area contributed by atoms with Crippen LogP contribution in [0.25, 0.3) is 0 Å². The molecule has 0 saturated heterocycles. The molecule has 1 aliphatic rings. The molecule has 1 aromatic heterocycles. The summed E-state index contributed by atoms with van der Waals surface area (Å²) >= 11 is 1.67. The second kappa shape index (κ2) is 8.04. The van der Waals surface area contributed by atoms with Gasteiger partial charge in [0.1, 0.15) is 0 Å². The molecule has 1 atom stereocenters. The van der Waals surface area contributed by atoms with E-state index in [0.29, 0.717) is 24.7 Å². The summed E-state index contributed by atoms with van der Waals surface area (Å²) in [5, 5.41) is 10.7. The van der Waals surface area contributed by atoms with Gasteiger partial charge in [0.15, 0.2) is 5.96 Å². The lowest BCUT2D eigenvalue weighted by atomic mass is 9.85. The largest absolute Gasteiger partial charge is 0.391 e. The van der Waals surface area contributed by atoms with E-state index < -0.39 is 12.1 Å². The summed E-state index contributed by atoms with van der Waals surface area (Å²) < 4.78 is 38.1. The highest BCUT2D eigenvalue weighted by atomic mass is 32.1. The van der Waals surface area contributed by atoms with Gasteiger partial charge in [0, 0.05) is 19.6 Å². The maximum atomic E-state index is 12.7. The van der Waals surface area contributed by atoms with E-state index in [0.717, 1.165) is 6.54 Å². The van der Waals surface area contributed by atoms with Crippen molar-refractivity contribution in [1.29, 1.82) is 0 Å². The Hall–Kier alpha value is -1.24. The van der Waals surface area contributed by atoms with Crippen molar-refractivity contribution in [2.75, 3.05) is 13.6 Å². The Kier molecular flexibility index (Phi) is 6.33. The minimum absolute atomic E-state index is 0.0660. The highest BCUT2D eigenvalue weighted by Crippen LogP contribution is 2.37. The first-order valence-corrected chi connectivity index (χ1v) is 8.90. The number of nitrogens with one attached hydrogen (secondary N) is 2. The lowest BCUT2D eigenvalue weighted by molar-refractivity contribution is -0.182. The minimum atomic E-state index is -4.05. The molecular formula is C16H24F3N3S. The second-order valence-corrected chi connectivity index (χ2v) is 6.93. The van der Waals surface area contributed by atoms with Crippen LogP contribution in [-0.2, 0) is 0 Å². The lowest BCUT2D eigenvalue weighted by Gasteiger charge is -2.31. The minimum Gasteiger partial charge on any atom is -0.356 e. The van der Waals surface area contributed by atoms with Crippen LogP contribution in [0.4, 0.5) is 13.2 Å². The molecule has 1 unspecified atom stereocenters. The molecule has 23 heavy (non-hydrogen) atoms. The predicted molar refractivity (Wildman–Crippen MR) is 89.0 cm³/mol. The average Bonchev–Trinajstić information content (AvgIpc) is 3.05. The smallest absolute Gasteiger partial charge is 0.356 e. The van der Waals surface area contributed by atoms with Crippen LogP contribution in [0, 0.1) is 5.92 Å². The van der Waals surface area contributed by atoms with Gasteiger partial charge in [0.2, 0.25) is 0 Å². The molecule has 1 aromatic rings. The normalized spacial score (nSPS) is 24.3. The van der Waals surface area contributed by atoms with Crippen LogP contribution in [0.15, 0.2) is 21.8 Å². The van der Waals surface area contributed by atoms with Crippen molar-refractivity contribution in [3.63, 3.8) is 0 Å². The van der Waals surface area contributed by atoms with Crippen LogP contribution >= 0.6 is 11.3 Å². The molecule has 130 valence electrons. The Morgan fingerprint density at radius 1 is 1.35 bits per heavy atom. The summed E-state index contributed by atoms with van der Waals surface area (Å²) in [5.74, 6) is -0.113. The monoisotopic (exact) mass is 347 g/mol. The Morgan fingerprint density at radius 3 is 2.57 bits per heavy atom. The Balaban J connectivity index is 1.75. The molecule has 1 saturated carbocycles. The zero-order valence-corrected chi connectivity index (χ0v) is 14.3. The van der Waals surface area contributed by atoms with E-state index in [4.69, 9.17) is 0 Å². The quantitative estimate of drug-likeness (QED) is 0.634. The Labute approximate surface area is 139 Å². The molecule has 3 nitrogen and oxygen atoms in total. The number of nitrogens with zero attached hydrogens (tertiary/aromatic N) is 1. The summed E-state index contributed by atoms with van der Waals surface area (Å²) in [7, 11) is 1.69. The van der Waals surface area contributed by atoms with Gasteiger partial charge in [-0.25, -0.2) is 0 Å². The highest BCUT2D eigenvalue weighted by molar-refractivity contribution is 7.07. The molecule has 0 amide bonds. The van der Waals surface area contributed by atoms with E-state index in [2.05, 4.69) is 39.4 Å². The number of halogens is 3. The molecule has 7 heteroatoms. The van der Waals surface area contributed by atoms with E-state index in [1.807, 2.05) is 0 Å². The fourth-order valence-electron chi connectivity index (χ4n) is 2.88. The van der Waals surface area contributed by atoms with Crippen LogP contribution in [0.1, 0.15) is 44.1 Å². The van der Waals surface area contributed by atoms with Crippen LogP contribution in [-0.4, -0.2) is 31.8 Å². The van der Waals surface area contributed by atoms with Crippen LogP contribution in [0.3, 0.4) is 0 Å². The zero-order valence-electron chi connectivity index (χ0n) is 13.5. The molecule has 2 rings (SSSR count). The van der Waals surface area contributed by atoms with E-state index in [9.17, 15) is 13.2 Å². The predicted octanol–water partition coefficient (Wildman–Crippen LogP) is 4.14. The van der Waals surface area contributed by atoms with Gasteiger partial charge in [-0.15, -0.1) is 0 Å². The van der Waals surface area contributed by atoms with Gasteiger partial charge in [0.05, 0.1) is 5.92 Å². The van der Waals surface area contributed by atoms with E-state index in [1.54, 1.807) is 18.4 Å². The summed E-state index contributed by atoms with van der Waals surface area (Å²) in [4.78, 5) is 4.18. The molecule has 0 aliphatic heterocycles. The maximum Gasteiger partial charge on any atom is 0.391 e. The van der Waals surface area contributed by atoms with Crippen molar-refractivity contribution in [2.45, 2.75) is 50.7 Å². The van der Waals surface area contributed by atoms with Crippen LogP contribution in [0.2, 0.25) is 0 Å². The SMILES string of the molecule is CN=C(NCC(C)c1ccsc1)NC1CCC(C(F)(F)F)CC1. The molecular weight excluding hydrogens is 323 g/mol. The number of hydrogen-bond acceptors (Lipinski definition) is 2. The summed E-state index contributed by atoms with van der Waals surface area (Å²) in [6, 6.07) is 2.17. The number of alkyl halides is 3. The molecule has 0 radical (unpaired) electrons. The Morgan fingerprint density at radius 2 is 2.04 bits per heavy atom. The standard InChI is InChI=1S/C16H24F3N3S/c1-11(12-7-8-23-10-12)9-21-15(20-2)22-14-5-3-13(4-6-14)16(17,18)19/h7-8,10-11,13-14H,3-6,9H2,1-2H3,(H2,20,21,22). The molecule has 1 aliphatic carbocycles. The number of aliphatic imine (C=N–C) groups is 1. The van der Waals surface area contributed by atoms with Gasteiger partial charge < -0.3 is 10.6 Å². The molecule has 0 spiro atoms. The Bertz CT molecular complexity index is 491. The van der Waals surface area contributed by atoms with Gasteiger partial charge in [-0.3, -0.25) is 4.99 Å². The van der Waals surface area contributed by atoms with Crippen molar-refractivity contribution in [2.24, 2.45) is 10.9 Å². The number of hydrogen-bond donors (Lipinski definition) is 2. The van der Waals surface area contributed by atoms with Crippen molar-refractivity contribution in [1.82, 2.24) is 10.6 Å². The van der Waals surface area contributed by atoms with Crippen LogP contribution in [0.5, 0.6) is 0 Å². The summed E-state index contributed by atoms with van der Waals surface area (Å²) in [5.41, 5.74) is 1.28. The fourth-order valence-corrected chi connectivity index (χ4v) is 3.66. The van der Waals surface area contributed by atoms with Gasteiger partial charge in [-0.05, 0) is 54.0 Å².